The van der Waals surface area contributed by atoms with Crippen molar-refractivity contribution >= 4 is 26.7 Å². The summed E-state index contributed by atoms with van der Waals surface area (Å²) in [4.78, 5) is 15.8. The highest BCUT2D eigenvalue weighted by molar-refractivity contribution is 7.91. The number of aryl methyl sites for hydroxylation is 1. The minimum Gasteiger partial charge on any atom is -0.481 e. The van der Waals surface area contributed by atoms with Gasteiger partial charge in [-0.3, -0.25) is 0 Å². The minimum absolute atomic E-state index is 0.0771. The van der Waals surface area contributed by atoms with Crippen molar-refractivity contribution < 1.29 is 26.3 Å². The number of benzene rings is 1. The van der Waals surface area contributed by atoms with Crippen LogP contribution in [0.15, 0.2) is 24.3 Å². The summed E-state index contributed by atoms with van der Waals surface area (Å²) in [6.07, 6.45) is 0.827. The average Bonchev–Trinajstić information content (AvgIpc) is 2.91. The van der Waals surface area contributed by atoms with E-state index >= 15 is 13.2 Å². The Balaban J connectivity index is 1.39. The van der Waals surface area contributed by atoms with E-state index in [-0.39, 0.29) is 28.9 Å². The van der Waals surface area contributed by atoms with Crippen molar-refractivity contribution in [2.24, 2.45) is 5.92 Å². The van der Waals surface area contributed by atoms with Crippen LogP contribution in [0.4, 0.5) is 19.0 Å². The van der Waals surface area contributed by atoms with E-state index in [0.717, 1.165) is 18.7 Å². The Kier molecular flexibility index (Phi) is 8.91. The number of aromatic nitrogens is 3. The topological polar surface area (TPSA) is 97.3 Å². The van der Waals surface area contributed by atoms with Gasteiger partial charge in [-0.25, -0.2) is 31.6 Å². The van der Waals surface area contributed by atoms with E-state index < -0.39 is 39.6 Å². The number of nitrogens with one attached hydrogen (secondary N) is 1. The lowest BCUT2D eigenvalue weighted by molar-refractivity contribution is -0.0346. The summed E-state index contributed by atoms with van der Waals surface area (Å²) < 4.78 is 75.9. The Morgan fingerprint density at radius 2 is 1.81 bits per heavy atom. The molecule has 1 atom stereocenters. The molecule has 0 aliphatic carbocycles. The summed E-state index contributed by atoms with van der Waals surface area (Å²) in [5.41, 5.74) is 0.627. The number of alkyl halides is 2. The van der Waals surface area contributed by atoms with Gasteiger partial charge in [-0.1, -0.05) is 18.2 Å². The van der Waals surface area contributed by atoms with Gasteiger partial charge in [0.15, 0.2) is 5.65 Å². The third-order valence-corrected chi connectivity index (χ3v) is 10.5. The van der Waals surface area contributed by atoms with Crippen molar-refractivity contribution in [3.63, 3.8) is 0 Å². The maximum Gasteiger partial charge on any atom is 0.276 e. The van der Waals surface area contributed by atoms with Gasteiger partial charge in [0.2, 0.25) is 5.88 Å². The highest BCUT2D eigenvalue weighted by Crippen LogP contribution is 2.40. The summed E-state index contributed by atoms with van der Waals surface area (Å²) in [6.45, 7) is 9.17. The van der Waals surface area contributed by atoms with Crippen LogP contribution in [-0.4, -0.2) is 66.0 Å². The number of halogens is 3. The van der Waals surface area contributed by atoms with Gasteiger partial charge in [0, 0.05) is 36.7 Å². The van der Waals surface area contributed by atoms with Gasteiger partial charge < -0.3 is 15.0 Å². The number of pyridine rings is 1. The molecule has 2 aromatic heterocycles. The van der Waals surface area contributed by atoms with Crippen LogP contribution in [0, 0.1) is 18.7 Å². The molecule has 0 spiro atoms. The molecule has 234 valence electrons. The molecule has 0 amide bonds. The number of methoxy groups -OCH3 is 1. The van der Waals surface area contributed by atoms with Gasteiger partial charge in [-0.05, 0) is 64.9 Å². The second kappa shape index (κ2) is 12.2. The van der Waals surface area contributed by atoms with E-state index in [9.17, 15) is 8.42 Å². The lowest BCUT2D eigenvalue weighted by Crippen LogP contribution is -2.50. The number of likely N-dealkylation sites (tertiary alicyclic amines) is 1. The van der Waals surface area contributed by atoms with Crippen LogP contribution >= 0.6 is 0 Å². The van der Waals surface area contributed by atoms with Crippen LogP contribution in [0.3, 0.4) is 0 Å². The predicted octanol–water partition coefficient (Wildman–Crippen LogP) is 6.16. The van der Waals surface area contributed by atoms with E-state index in [0.29, 0.717) is 53.9 Å². The van der Waals surface area contributed by atoms with Crippen molar-refractivity contribution in [1.82, 2.24) is 19.9 Å². The summed E-state index contributed by atoms with van der Waals surface area (Å²) in [6, 6.07) is 5.68. The van der Waals surface area contributed by atoms with Crippen molar-refractivity contribution in [2.75, 3.05) is 37.0 Å². The first-order valence-electron chi connectivity index (χ1n) is 14.9. The normalized spacial score (nSPS) is 19.0. The number of hydrogen-bond donors (Lipinski definition) is 1. The molecule has 0 bridgehead atoms. The Morgan fingerprint density at radius 3 is 2.47 bits per heavy atom. The maximum atomic E-state index is 15.7. The second-order valence-corrected chi connectivity index (χ2v) is 14.5. The van der Waals surface area contributed by atoms with E-state index in [4.69, 9.17) is 4.74 Å². The van der Waals surface area contributed by atoms with E-state index in [1.807, 2.05) is 6.07 Å². The van der Waals surface area contributed by atoms with Crippen molar-refractivity contribution in [2.45, 2.75) is 77.3 Å². The minimum atomic E-state index is -3.29. The van der Waals surface area contributed by atoms with Crippen molar-refractivity contribution in [3.8, 4) is 5.88 Å². The Hall–Kier alpha value is -2.99. The third kappa shape index (κ3) is 6.74. The third-order valence-electron chi connectivity index (χ3n) is 8.80. The van der Waals surface area contributed by atoms with Crippen LogP contribution < -0.4 is 10.1 Å². The van der Waals surface area contributed by atoms with Crippen molar-refractivity contribution in [1.29, 1.82) is 0 Å². The Labute approximate surface area is 251 Å². The fraction of sp³-hybridized carbons (Fsp3) is 0.581. The molecule has 0 unspecified atom stereocenters. The lowest BCUT2D eigenvalue weighted by Gasteiger charge is -2.42. The predicted molar refractivity (Wildman–Crippen MR) is 161 cm³/mol. The first-order valence-corrected chi connectivity index (χ1v) is 16.7. The highest BCUT2D eigenvalue weighted by atomic mass is 32.2. The Morgan fingerprint density at radius 1 is 1.12 bits per heavy atom. The van der Waals surface area contributed by atoms with E-state index in [1.54, 1.807) is 13.8 Å². The number of hydrogen-bond acceptors (Lipinski definition) is 8. The quantitative estimate of drug-likeness (QED) is 0.288. The summed E-state index contributed by atoms with van der Waals surface area (Å²) in [5, 5.41) is 3.76. The molecule has 4 heterocycles. The second-order valence-electron chi connectivity index (χ2n) is 12.2. The van der Waals surface area contributed by atoms with Gasteiger partial charge in [-0.2, -0.15) is 4.98 Å². The largest absolute Gasteiger partial charge is 0.481 e. The van der Waals surface area contributed by atoms with Crippen LogP contribution in [-0.2, 0) is 15.8 Å². The molecule has 2 fully saturated rings. The molecule has 2 aliphatic rings. The van der Waals surface area contributed by atoms with Gasteiger partial charge in [0.05, 0.1) is 35.6 Å². The number of sulfone groups is 1. The van der Waals surface area contributed by atoms with Gasteiger partial charge >= 0.3 is 0 Å². The molecule has 1 N–H and O–H groups in total. The van der Waals surface area contributed by atoms with Crippen molar-refractivity contribution in [3.05, 3.63) is 52.6 Å². The standard InChI is InChI=1S/C31H40F3N5O3S/c1-18(2)39-16-21(17-39)9-12-31(33,34)26-8-6-7-23(27(26)32)19(3)35-28-25-15-24(22-10-13-43(40,41)14-11-22)30(42-5)38-29(25)37-20(4)36-28/h6-8,15,18-19,21-22H,9-14,16-17H2,1-5H3,(H,35,36,37,38)/t19-/m1/s1. The monoisotopic (exact) mass is 619 g/mol. The first kappa shape index (κ1) is 31.4. The number of nitrogens with zero attached hydrogens (tertiary/aromatic N) is 4. The molecule has 0 saturated carbocycles. The Bertz CT molecular complexity index is 1580. The van der Waals surface area contributed by atoms with Gasteiger partial charge in [0.25, 0.3) is 5.92 Å². The molecule has 2 saturated heterocycles. The summed E-state index contributed by atoms with van der Waals surface area (Å²) >= 11 is 0. The fourth-order valence-electron chi connectivity index (χ4n) is 6.11. The molecule has 3 aromatic rings. The maximum absolute atomic E-state index is 15.7. The number of rotatable bonds is 10. The lowest BCUT2D eigenvalue weighted by atomic mass is 9.89. The van der Waals surface area contributed by atoms with E-state index in [2.05, 4.69) is 39.0 Å². The van der Waals surface area contributed by atoms with Crippen LogP contribution in [0.2, 0.25) is 0 Å². The fourth-order valence-corrected chi connectivity index (χ4v) is 7.60. The molecule has 5 rings (SSSR count). The number of anilines is 1. The molecule has 0 radical (unpaired) electrons. The zero-order valence-corrected chi connectivity index (χ0v) is 26.1. The van der Waals surface area contributed by atoms with Gasteiger partial charge in [-0.15, -0.1) is 0 Å². The van der Waals surface area contributed by atoms with Gasteiger partial charge in [0.1, 0.15) is 27.3 Å². The average molecular weight is 620 g/mol. The zero-order valence-electron chi connectivity index (χ0n) is 25.3. The molecule has 43 heavy (non-hydrogen) atoms. The van der Waals surface area contributed by atoms with Crippen LogP contribution in [0.5, 0.6) is 5.88 Å². The SMILES string of the molecule is COc1nc2nc(C)nc(N[C@H](C)c3cccc(C(F)(F)CCC4CN(C(C)C)C4)c3F)c2cc1C1CCS(=O)(=O)CC1. The van der Waals surface area contributed by atoms with Crippen LogP contribution in [0.25, 0.3) is 11.0 Å². The van der Waals surface area contributed by atoms with Crippen LogP contribution in [0.1, 0.15) is 80.9 Å². The zero-order chi connectivity index (χ0) is 31.1. The van der Waals surface area contributed by atoms with E-state index in [1.165, 1.54) is 25.3 Å². The smallest absolute Gasteiger partial charge is 0.276 e. The molecular formula is C31H40F3N5O3S. The number of ether oxygens (including phenoxy) is 1. The molecular weight excluding hydrogens is 579 g/mol. The first-order chi connectivity index (χ1) is 20.3. The molecule has 2 aliphatic heterocycles. The molecule has 8 nitrogen and oxygen atoms in total. The molecule has 1 aromatic carbocycles. The summed E-state index contributed by atoms with van der Waals surface area (Å²) in [5.74, 6) is -2.76. The molecule has 12 heteroatoms. The number of fused-ring (bicyclic) bond motifs is 1. The summed E-state index contributed by atoms with van der Waals surface area (Å²) in [7, 11) is -1.56. The highest BCUT2D eigenvalue weighted by Gasteiger charge is 2.38.